The molecule has 1 amide bonds. The summed E-state index contributed by atoms with van der Waals surface area (Å²) < 4.78 is 6.53. The lowest BCUT2D eigenvalue weighted by Gasteiger charge is -2.13. The Morgan fingerprint density at radius 2 is 1.83 bits per heavy atom. The second-order valence-electron chi connectivity index (χ2n) is 9.26. The lowest BCUT2D eigenvalue weighted by molar-refractivity contribution is 0.0378. The summed E-state index contributed by atoms with van der Waals surface area (Å²) in [4.78, 5) is 32.9. The molecule has 0 saturated heterocycles. The summed E-state index contributed by atoms with van der Waals surface area (Å²) in [6.07, 6.45) is 4.77. The van der Waals surface area contributed by atoms with Crippen molar-refractivity contribution in [1.29, 1.82) is 0 Å². The molecule has 0 atom stereocenters. The van der Waals surface area contributed by atoms with Crippen molar-refractivity contribution in [1.82, 2.24) is 4.98 Å². The van der Waals surface area contributed by atoms with Gasteiger partial charge < -0.3 is 10.1 Å². The maximum absolute atomic E-state index is 13.8. The van der Waals surface area contributed by atoms with Gasteiger partial charge in [0.1, 0.15) is 5.00 Å². The molecule has 0 fully saturated rings. The molecule has 2 aromatic carbocycles. The van der Waals surface area contributed by atoms with Crippen LogP contribution in [0.1, 0.15) is 64.3 Å². The molecule has 1 aliphatic rings. The van der Waals surface area contributed by atoms with Crippen LogP contribution >= 0.6 is 27.3 Å². The fourth-order valence-electron chi connectivity index (χ4n) is 4.65. The molecule has 0 spiro atoms. The van der Waals surface area contributed by atoms with E-state index in [4.69, 9.17) is 9.72 Å². The molecule has 184 valence electrons. The number of esters is 1. The summed E-state index contributed by atoms with van der Waals surface area (Å²) in [5, 5.41) is 4.42. The van der Waals surface area contributed by atoms with Crippen molar-refractivity contribution in [2.75, 3.05) is 5.32 Å². The Labute approximate surface area is 223 Å². The Bertz CT molecular complexity index is 1460. The van der Waals surface area contributed by atoms with Gasteiger partial charge in [-0.05, 0) is 69.4 Å². The molecule has 0 aliphatic heterocycles. The lowest BCUT2D eigenvalue weighted by Crippen LogP contribution is -2.18. The number of benzene rings is 2. The third kappa shape index (κ3) is 5.08. The molecule has 0 bridgehead atoms. The van der Waals surface area contributed by atoms with E-state index in [2.05, 4.69) is 21.2 Å². The normalized spacial score (nSPS) is 13.3. The molecule has 0 saturated carbocycles. The predicted molar refractivity (Wildman–Crippen MR) is 149 cm³/mol. The standard InChI is InChI=1S/C29H27BrN2O3S/c1-17(2)35-29(34)26-21-12-4-3-5-14-25(21)36-28(26)32-27(33)22-16-24(18-9-8-10-19(30)15-18)31-23-13-7-6-11-20(22)23/h6-11,13,15-17H,3-5,12,14H2,1-2H3,(H,32,33). The highest BCUT2D eigenvalue weighted by molar-refractivity contribution is 9.10. The number of carbonyl (C=O) groups is 2. The summed E-state index contributed by atoms with van der Waals surface area (Å²) in [6.45, 7) is 3.68. The number of thiophene rings is 1. The van der Waals surface area contributed by atoms with Gasteiger partial charge in [-0.15, -0.1) is 11.3 Å². The van der Waals surface area contributed by atoms with E-state index in [-0.39, 0.29) is 18.0 Å². The maximum Gasteiger partial charge on any atom is 0.341 e. The number of para-hydroxylation sites is 1. The van der Waals surface area contributed by atoms with Gasteiger partial charge in [0.05, 0.1) is 28.4 Å². The summed E-state index contributed by atoms with van der Waals surface area (Å²) in [5.74, 6) is -0.631. The monoisotopic (exact) mass is 562 g/mol. The van der Waals surface area contributed by atoms with Gasteiger partial charge in [0.25, 0.3) is 5.91 Å². The molecule has 7 heteroatoms. The smallest absolute Gasteiger partial charge is 0.341 e. The first kappa shape index (κ1) is 24.7. The zero-order chi connectivity index (χ0) is 25.2. The van der Waals surface area contributed by atoms with Crippen molar-refractivity contribution in [3.05, 3.63) is 80.6 Å². The lowest BCUT2D eigenvalue weighted by atomic mass is 10.0. The topological polar surface area (TPSA) is 68.3 Å². The van der Waals surface area contributed by atoms with Gasteiger partial charge in [0, 0.05) is 20.3 Å². The number of nitrogens with one attached hydrogen (secondary N) is 1. The van der Waals surface area contributed by atoms with Gasteiger partial charge >= 0.3 is 5.97 Å². The largest absolute Gasteiger partial charge is 0.459 e. The Hall–Kier alpha value is -3.03. The number of amides is 1. The van der Waals surface area contributed by atoms with Crippen LogP contribution in [0.25, 0.3) is 22.2 Å². The highest BCUT2D eigenvalue weighted by Crippen LogP contribution is 2.39. The molecule has 0 radical (unpaired) electrons. The first-order chi connectivity index (χ1) is 17.4. The second kappa shape index (κ2) is 10.5. The van der Waals surface area contributed by atoms with Crippen molar-refractivity contribution in [2.45, 2.75) is 52.1 Å². The van der Waals surface area contributed by atoms with Crippen LogP contribution in [0, 0.1) is 0 Å². The molecule has 4 aromatic rings. The Morgan fingerprint density at radius 3 is 2.64 bits per heavy atom. The second-order valence-corrected chi connectivity index (χ2v) is 11.3. The SMILES string of the molecule is CC(C)OC(=O)c1c(NC(=O)c2cc(-c3cccc(Br)c3)nc3ccccc23)sc2c1CCCCC2. The van der Waals surface area contributed by atoms with Crippen molar-refractivity contribution >= 4 is 55.0 Å². The van der Waals surface area contributed by atoms with Gasteiger partial charge in [-0.1, -0.05) is 52.7 Å². The number of halogens is 1. The molecule has 5 nitrogen and oxygen atoms in total. The molecule has 1 aliphatic carbocycles. The summed E-state index contributed by atoms with van der Waals surface area (Å²) in [6, 6.07) is 17.3. The first-order valence-corrected chi connectivity index (χ1v) is 13.8. The van der Waals surface area contributed by atoms with E-state index in [0.717, 1.165) is 58.6 Å². The highest BCUT2D eigenvalue weighted by atomic mass is 79.9. The van der Waals surface area contributed by atoms with E-state index < -0.39 is 0 Å². The van der Waals surface area contributed by atoms with Crippen LogP contribution in [-0.4, -0.2) is 23.0 Å². The summed E-state index contributed by atoms with van der Waals surface area (Å²) in [7, 11) is 0. The number of fused-ring (bicyclic) bond motifs is 2. The van der Waals surface area contributed by atoms with Crippen LogP contribution in [0.15, 0.2) is 59.1 Å². The predicted octanol–water partition coefficient (Wildman–Crippen LogP) is 7.81. The van der Waals surface area contributed by atoms with Gasteiger partial charge in [-0.3, -0.25) is 4.79 Å². The number of aromatic nitrogens is 1. The quantitative estimate of drug-likeness (QED) is 0.199. The van der Waals surface area contributed by atoms with Crippen LogP contribution < -0.4 is 5.32 Å². The van der Waals surface area contributed by atoms with Crippen LogP contribution in [0.4, 0.5) is 5.00 Å². The van der Waals surface area contributed by atoms with Crippen LogP contribution in [0.2, 0.25) is 0 Å². The Morgan fingerprint density at radius 1 is 1.03 bits per heavy atom. The van der Waals surface area contributed by atoms with Gasteiger partial charge in [-0.2, -0.15) is 0 Å². The fraction of sp³-hybridized carbons (Fsp3) is 0.276. The third-order valence-electron chi connectivity index (χ3n) is 6.28. The van der Waals surface area contributed by atoms with Crippen LogP contribution in [-0.2, 0) is 17.6 Å². The molecule has 0 unspecified atom stereocenters. The first-order valence-electron chi connectivity index (χ1n) is 12.2. The minimum Gasteiger partial charge on any atom is -0.459 e. The number of hydrogen-bond donors (Lipinski definition) is 1. The zero-order valence-electron chi connectivity index (χ0n) is 20.3. The fourth-order valence-corrected chi connectivity index (χ4v) is 6.32. The molecule has 2 aromatic heterocycles. The molecule has 2 heterocycles. The molecule has 5 rings (SSSR count). The van der Waals surface area contributed by atoms with Crippen molar-refractivity contribution in [3.8, 4) is 11.3 Å². The molecular weight excluding hydrogens is 536 g/mol. The van der Waals surface area contributed by atoms with Crippen LogP contribution in [0.3, 0.4) is 0 Å². The van der Waals surface area contributed by atoms with Crippen molar-refractivity contribution in [2.24, 2.45) is 0 Å². The van der Waals surface area contributed by atoms with Gasteiger partial charge in [0.15, 0.2) is 0 Å². The number of ether oxygens (including phenoxy) is 1. The maximum atomic E-state index is 13.8. The van der Waals surface area contributed by atoms with E-state index in [1.165, 1.54) is 16.2 Å². The molecule has 1 N–H and O–H groups in total. The number of anilines is 1. The zero-order valence-corrected chi connectivity index (χ0v) is 22.7. The van der Waals surface area contributed by atoms with Crippen LogP contribution in [0.5, 0.6) is 0 Å². The average molecular weight is 564 g/mol. The van der Waals surface area contributed by atoms with E-state index in [1.807, 2.05) is 68.4 Å². The number of rotatable bonds is 5. The molecular formula is C29H27BrN2O3S. The number of aryl methyl sites for hydroxylation is 1. The van der Waals surface area contributed by atoms with E-state index in [0.29, 0.717) is 21.8 Å². The minimum absolute atomic E-state index is 0.237. The minimum atomic E-state index is -0.367. The third-order valence-corrected chi connectivity index (χ3v) is 7.98. The number of pyridine rings is 1. The number of nitrogens with zero attached hydrogens (tertiary/aromatic N) is 1. The highest BCUT2D eigenvalue weighted by Gasteiger charge is 2.28. The van der Waals surface area contributed by atoms with Gasteiger partial charge in [-0.25, -0.2) is 9.78 Å². The number of carbonyl (C=O) groups excluding carboxylic acids is 2. The van der Waals surface area contributed by atoms with Crippen molar-refractivity contribution in [3.63, 3.8) is 0 Å². The summed E-state index contributed by atoms with van der Waals surface area (Å²) >= 11 is 5.03. The van der Waals surface area contributed by atoms with E-state index in [9.17, 15) is 9.59 Å². The average Bonchev–Trinajstić information content (AvgIpc) is 3.03. The summed E-state index contributed by atoms with van der Waals surface area (Å²) in [5.41, 5.74) is 4.43. The number of hydrogen-bond acceptors (Lipinski definition) is 5. The Balaban J connectivity index is 1.58. The van der Waals surface area contributed by atoms with E-state index >= 15 is 0 Å². The van der Waals surface area contributed by atoms with E-state index in [1.54, 1.807) is 0 Å². The Kier molecular flexibility index (Phi) is 7.21. The molecule has 36 heavy (non-hydrogen) atoms. The van der Waals surface area contributed by atoms with Gasteiger partial charge in [0.2, 0.25) is 0 Å². The van der Waals surface area contributed by atoms with Crippen molar-refractivity contribution < 1.29 is 14.3 Å².